The summed E-state index contributed by atoms with van der Waals surface area (Å²) in [6.07, 6.45) is 23.1. The van der Waals surface area contributed by atoms with Crippen molar-refractivity contribution in [2.24, 2.45) is 0 Å². The van der Waals surface area contributed by atoms with Gasteiger partial charge in [0.15, 0.2) is 0 Å². The Morgan fingerprint density at radius 1 is 0.650 bits per heavy atom. The van der Waals surface area contributed by atoms with Gasteiger partial charge in [0, 0.05) is 27.1 Å². The van der Waals surface area contributed by atoms with Gasteiger partial charge in [-0.2, -0.15) is 0 Å². The second kappa shape index (κ2) is 24.5. The molecule has 0 atom stereocenters. The third-order valence-corrected chi connectivity index (χ3v) is 7.86. The van der Waals surface area contributed by atoms with Gasteiger partial charge in [-0.25, -0.2) is 0 Å². The zero-order chi connectivity index (χ0) is 30.1. The molecular formula is C34H67NO5. The summed E-state index contributed by atoms with van der Waals surface area (Å²) in [6, 6.07) is 0. The van der Waals surface area contributed by atoms with Gasteiger partial charge in [0.05, 0.1) is 30.8 Å². The van der Waals surface area contributed by atoms with Crippen LogP contribution in [0.3, 0.4) is 0 Å². The minimum atomic E-state index is -0.324. The second-order valence-electron chi connectivity index (χ2n) is 12.9. The number of esters is 1. The highest BCUT2D eigenvalue weighted by molar-refractivity contribution is 5.75. The summed E-state index contributed by atoms with van der Waals surface area (Å²) < 4.78 is 16.9. The van der Waals surface area contributed by atoms with E-state index in [1.165, 1.54) is 89.9 Å². The molecule has 6 heteroatoms. The molecule has 238 valence electrons. The quantitative estimate of drug-likeness (QED) is 0.0695. The number of amides is 1. The highest BCUT2D eigenvalue weighted by Gasteiger charge is 2.25. The lowest BCUT2D eigenvalue weighted by Gasteiger charge is -2.32. The van der Waals surface area contributed by atoms with Gasteiger partial charge in [-0.15, -0.1) is 0 Å². The molecule has 0 bridgehead atoms. The van der Waals surface area contributed by atoms with Crippen molar-refractivity contribution in [3.05, 3.63) is 0 Å². The molecule has 0 aliphatic carbocycles. The molecular weight excluding hydrogens is 502 g/mol. The molecule has 0 aromatic rings. The molecule has 0 saturated carbocycles. The Morgan fingerprint density at radius 3 is 1.57 bits per heavy atom. The van der Waals surface area contributed by atoms with Crippen molar-refractivity contribution in [3.8, 4) is 0 Å². The molecule has 0 rings (SSSR count). The fourth-order valence-corrected chi connectivity index (χ4v) is 4.76. The van der Waals surface area contributed by atoms with Crippen LogP contribution in [0.1, 0.15) is 164 Å². The summed E-state index contributed by atoms with van der Waals surface area (Å²) in [7, 11) is 1.69. The molecule has 40 heavy (non-hydrogen) atoms. The van der Waals surface area contributed by atoms with Crippen molar-refractivity contribution in [1.82, 2.24) is 4.90 Å². The summed E-state index contributed by atoms with van der Waals surface area (Å²) in [5.74, 6) is -0.220. The van der Waals surface area contributed by atoms with Crippen LogP contribution >= 0.6 is 0 Å². The number of hydrogen-bond acceptors (Lipinski definition) is 5. The van der Waals surface area contributed by atoms with Crippen molar-refractivity contribution >= 4 is 11.9 Å². The van der Waals surface area contributed by atoms with Crippen LogP contribution in [0.25, 0.3) is 0 Å². The Labute approximate surface area is 248 Å². The van der Waals surface area contributed by atoms with Gasteiger partial charge in [0.25, 0.3) is 0 Å². The third-order valence-electron chi connectivity index (χ3n) is 7.86. The minimum Gasteiger partial charge on any atom is -0.466 e. The number of carbonyl (C=O) groups is 2. The number of methoxy groups -OCH3 is 1. The Hall–Kier alpha value is -1.14. The predicted octanol–water partition coefficient (Wildman–Crippen LogP) is 9.03. The molecule has 1 amide bonds. The van der Waals surface area contributed by atoms with Gasteiger partial charge in [0.1, 0.15) is 0 Å². The largest absolute Gasteiger partial charge is 0.466 e. The average molecular weight is 570 g/mol. The van der Waals surface area contributed by atoms with E-state index in [0.29, 0.717) is 26.3 Å². The van der Waals surface area contributed by atoms with Crippen LogP contribution in [0.15, 0.2) is 0 Å². The molecule has 0 aromatic carbocycles. The molecule has 0 N–H and O–H groups in total. The lowest BCUT2D eigenvalue weighted by atomic mass is 10.0. The molecule has 0 radical (unpaired) electrons. The molecule has 0 aliphatic rings. The number of unbranched alkanes of at least 4 members (excludes halogenated alkanes) is 15. The van der Waals surface area contributed by atoms with E-state index in [9.17, 15) is 9.59 Å². The number of ether oxygens (including phenoxy) is 3. The van der Waals surface area contributed by atoms with Crippen LogP contribution in [0.5, 0.6) is 0 Å². The van der Waals surface area contributed by atoms with E-state index in [0.717, 1.165) is 25.7 Å². The van der Waals surface area contributed by atoms with E-state index in [-0.39, 0.29) is 29.5 Å². The van der Waals surface area contributed by atoms with Crippen LogP contribution in [0, 0.1) is 0 Å². The van der Waals surface area contributed by atoms with E-state index in [4.69, 9.17) is 14.2 Å². The maximum absolute atomic E-state index is 12.2. The molecule has 0 heterocycles. The molecule has 0 aliphatic heterocycles. The van der Waals surface area contributed by atoms with Crippen molar-refractivity contribution in [2.45, 2.75) is 175 Å². The standard InChI is InChI=1S/C34H67NO5/c1-8-9-10-11-12-13-14-15-16-17-18-19-20-21-22-23-29-39-32(37)25-28-35(31(2)36)27-24-26-33(3,4)40-30-34(5,6)38-7/h8-30H2,1-7H3. The summed E-state index contributed by atoms with van der Waals surface area (Å²) in [5, 5.41) is 0. The SMILES string of the molecule is CCCCCCCCCCCCCCCCCCOC(=O)CCN(CCCC(C)(C)OCC(C)(C)OC)C(C)=O. The maximum atomic E-state index is 12.2. The highest BCUT2D eigenvalue weighted by Crippen LogP contribution is 2.21. The zero-order valence-corrected chi connectivity index (χ0v) is 27.8. The van der Waals surface area contributed by atoms with E-state index in [2.05, 4.69) is 20.8 Å². The molecule has 0 saturated heterocycles. The van der Waals surface area contributed by atoms with Gasteiger partial charge < -0.3 is 19.1 Å². The number of hydrogen-bond donors (Lipinski definition) is 0. The normalized spacial score (nSPS) is 12.1. The van der Waals surface area contributed by atoms with Gasteiger partial charge in [-0.3, -0.25) is 9.59 Å². The summed E-state index contributed by atoms with van der Waals surface area (Å²) in [4.78, 5) is 26.0. The lowest BCUT2D eigenvalue weighted by Crippen LogP contribution is -2.37. The Bertz CT molecular complexity index is 619. The maximum Gasteiger partial charge on any atom is 0.307 e. The van der Waals surface area contributed by atoms with Crippen LogP contribution in [0.2, 0.25) is 0 Å². The summed E-state index contributed by atoms with van der Waals surface area (Å²) in [6.45, 7) is 14.0. The number of rotatable bonds is 28. The summed E-state index contributed by atoms with van der Waals surface area (Å²) in [5.41, 5.74) is -0.626. The Balaban J connectivity index is 3.73. The average Bonchev–Trinajstić information content (AvgIpc) is 2.91. The topological polar surface area (TPSA) is 65.1 Å². The number of carbonyl (C=O) groups excluding carboxylic acids is 2. The second-order valence-corrected chi connectivity index (χ2v) is 12.9. The smallest absolute Gasteiger partial charge is 0.307 e. The van der Waals surface area contributed by atoms with Crippen molar-refractivity contribution in [3.63, 3.8) is 0 Å². The van der Waals surface area contributed by atoms with Gasteiger partial charge >= 0.3 is 5.97 Å². The fourth-order valence-electron chi connectivity index (χ4n) is 4.76. The molecule has 6 nitrogen and oxygen atoms in total. The van der Waals surface area contributed by atoms with E-state index >= 15 is 0 Å². The Morgan fingerprint density at radius 2 is 1.12 bits per heavy atom. The summed E-state index contributed by atoms with van der Waals surface area (Å²) >= 11 is 0. The first-order valence-electron chi connectivity index (χ1n) is 16.6. The molecule has 0 aromatic heterocycles. The van der Waals surface area contributed by atoms with Crippen molar-refractivity contribution < 1.29 is 23.8 Å². The van der Waals surface area contributed by atoms with Crippen LogP contribution < -0.4 is 0 Å². The predicted molar refractivity (Wildman–Crippen MR) is 168 cm³/mol. The fraction of sp³-hybridized carbons (Fsp3) is 0.941. The first-order valence-corrected chi connectivity index (χ1v) is 16.6. The Kier molecular flexibility index (Phi) is 23.8. The van der Waals surface area contributed by atoms with E-state index in [1.807, 2.05) is 13.8 Å². The molecule has 0 spiro atoms. The first kappa shape index (κ1) is 38.9. The van der Waals surface area contributed by atoms with E-state index < -0.39 is 0 Å². The monoisotopic (exact) mass is 570 g/mol. The highest BCUT2D eigenvalue weighted by atomic mass is 16.5. The molecule has 0 fully saturated rings. The molecule has 0 unspecified atom stereocenters. The van der Waals surface area contributed by atoms with Crippen molar-refractivity contribution in [2.75, 3.05) is 33.4 Å². The number of nitrogens with zero attached hydrogens (tertiary/aromatic N) is 1. The zero-order valence-electron chi connectivity index (χ0n) is 27.8. The lowest BCUT2D eigenvalue weighted by molar-refractivity contribution is -0.144. The third kappa shape index (κ3) is 24.6. The van der Waals surface area contributed by atoms with E-state index in [1.54, 1.807) is 18.9 Å². The van der Waals surface area contributed by atoms with Crippen molar-refractivity contribution in [1.29, 1.82) is 0 Å². The van der Waals surface area contributed by atoms with Crippen LogP contribution in [-0.4, -0.2) is 61.4 Å². The van der Waals surface area contributed by atoms with Gasteiger partial charge in [0.2, 0.25) is 5.91 Å². The van der Waals surface area contributed by atoms with Crippen LogP contribution in [-0.2, 0) is 23.8 Å². The minimum absolute atomic E-state index is 0.00940. The van der Waals surface area contributed by atoms with Crippen LogP contribution in [0.4, 0.5) is 0 Å². The first-order chi connectivity index (χ1) is 19.0. The van der Waals surface area contributed by atoms with Gasteiger partial charge in [-0.05, 0) is 47.0 Å². The van der Waals surface area contributed by atoms with Gasteiger partial charge in [-0.1, -0.05) is 103 Å².